The molecule has 1 fully saturated rings. The molecule has 0 spiro atoms. The molecule has 2 aromatic rings. The van der Waals surface area contributed by atoms with E-state index in [0.717, 1.165) is 18.0 Å². The normalized spacial score (nSPS) is 17.6. The summed E-state index contributed by atoms with van der Waals surface area (Å²) in [7, 11) is 0. The first-order valence-corrected chi connectivity index (χ1v) is 6.45. The molecular weight excluding hydrogens is 212 g/mol. The average Bonchev–Trinajstić information content (AvgIpc) is 2.81. The van der Waals surface area contributed by atoms with Crippen LogP contribution in [0.5, 0.6) is 0 Å². The lowest BCUT2D eigenvalue weighted by Gasteiger charge is -2.22. The van der Waals surface area contributed by atoms with E-state index in [2.05, 4.69) is 19.9 Å². The number of pyridine rings is 1. The minimum atomic E-state index is 0.666. The number of fused-ring (bicyclic) bond motifs is 1. The summed E-state index contributed by atoms with van der Waals surface area (Å²) in [5, 5.41) is 12.0. The smallest absolute Gasteiger partial charge is 0.160 e. The first-order chi connectivity index (χ1) is 8.43. The molecule has 2 aromatic heterocycles. The van der Waals surface area contributed by atoms with Crippen molar-refractivity contribution in [3.8, 4) is 0 Å². The Hall–Kier alpha value is -1.42. The largest absolute Gasteiger partial charge is 0.307 e. The van der Waals surface area contributed by atoms with Gasteiger partial charge in [-0.05, 0) is 25.0 Å². The van der Waals surface area contributed by atoms with E-state index in [0.29, 0.717) is 6.04 Å². The van der Waals surface area contributed by atoms with Gasteiger partial charge in [0.25, 0.3) is 0 Å². The predicted octanol–water partition coefficient (Wildman–Crippen LogP) is 2.15. The quantitative estimate of drug-likeness (QED) is 0.878. The second-order valence-electron chi connectivity index (χ2n) is 4.76. The van der Waals surface area contributed by atoms with Crippen molar-refractivity contribution in [3.63, 3.8) is 0 Å². The molecule has 0 unspecified atom stereocenters. The van der Waals surface area contributed by atoms with Crippen LogP contribution in [0, 0.1) is 0 Å². The van der Waals surface area contributed by atoms with E-state index in [1.165, 1.54) is 32.1 Å². The monoisotopic (exact) mass is 230 g/mol. The van der Waals surface area contributed by atoms with Gasteiger partial charge in [0.2, 0.25) is 0 Å². The van der Waals surface area contributed by atoms with Gasteiger partial charge in [-0.1, -0.05) is 25.3 Å². The predicted molar refractivity (Wildman–Crippen MR) is 66.7 cm³/mol. The van der Waals surface area contributed by atoms with Crippen molar-refractivity contribution in [1.82, 2.24) is 19.9 Å². The van der Waals surface area contributed by atoms with Crippen LogP contribution in [0.3, 0.4) is 0 Å². The van der Waals surface area contributed by atoms with Crippen molar-refractivity contribution >= 4 is 5.65 Å². The molecule has 0 aliphatic heterocycles. The molecule has 1 saturated carbocycles. The van der Waals surface area contributed by atoms with Crippen LogP contribution in [-0.2, 0) is 6.54 Å². The number of nitrogens with zero attached hydrogens (tertiary/aromatic N) is 3. The fourth-order valence-electron chi connectivity index (χ4n) is 2.55. The molecule has 0 radical (unpaired) electrons. The summed E-state index contributed by atoms with van der Waals surface area (Å²) in [5.41, 5.74) is 0.924. The van der Waals surface area contributed by atoms with Gasteiger partial charge in [0.15, 0.2) is 11.5 Å². The molecule has 0 amide bonds. The molecule has 4 nitrogen and oxygen atoms in total. The summed E-state index contributed by atoms with van der Waals surface area (Å²) in [4.78, 5) is 0. The summed E-state index contributed by atoms with van der Waals surface area (Å²) in [6.07, 6.45) is 8.74. The Morgan fingerprint density at radius 1 is 1.18 bits per heavy atom. The summed E-state index contributed by atoms with van der Waals surface area (Å²) in [6, 6.07) is 6.65. The number of rotatable bonds is 3. The van der Waals surface area contributed by atoms with Crippen molar-refractivity contribution in [2.45, 2.75) is 44.7 Å². The standard InChI is InChI=1S/C13H18N4/c1-2-6-11(7-3-1)14-10-13-16-15-12-8-4-5-9-17(12)13/h4-5,8-9,11,14H,1-3,6-7,10H2. The van der Waals surface area contributed by atoms with Crippen molar-refractivity contribution in [2.24, 2.45) is 0 Å². The second-order valence-corrected chi connectivity index (χ2v) is 4.76. The zero-order valence-corrected chi connectivity index (χ0v) is 9.97. The Morgan fingerprint density at radius 2 is 2.06 bits per heavy atom. The van der Waals surface area contributed by atoms with E-state index in [-0.39, 0.29) is 0 Å². The lowest BCUT2D eigenvalue weighted by atomic mass is 9.95. The molecule has 17 heavy (non-hydrogen) atoms. The Kier molecular flexibility index (Phi) is 3.05. The van der Waals surface area contributed by atoms with E-state index in [4.69, 9.17) is 0 Å². The van der Waals surface area contributed by atoms with Crippen LogP contribution >= 0.6 is 0 Å². The Morgan fingerprint density at radius 3 is 2.94 bits per heavy atom. The molecule has 0 saturated heterocycles. The molecule has 2 heterocycles. The highest BCUT2D eigenvalue weighted by molar-refractivity contribution is 5.36. The molecular formula is C13H18N4. The van der Waals surface area contributed by atoms with E-state index in [1.54, 1.807) is 0 Å². The van der Waals surface area contributed by atoms with Crippen molar-refractivity contribution < 1.29 is 0 Å². The zero-order chi connectivity index (χ0) is 11.5. The highest BCUT2D eigenvalue weighted by Crippen LogP contribution is 2.17. The maximum Gasteiger partial charge on any atom is 0.160 e. The van der Waals surface area contributed by atoms with Gasteiger partial charge in [0.05, 0.1) is 6.54 Å². The third-order valence-electron chi connectivity index (χ3n) is 3.54. The molecule has 4 heteroatoms. The molecule has 0 aromatic carbocycles. The van der Waals surface area contributed by atoms with Gasteiger partial charge in [-0.15, -0.1) is 10.2 Å². The lowest BCUT2D eigenvalue weighted by Crippen LogP contribution is -2.31. The second kappa shape index (κ2) is 4.84. The third-order valence-corrected chi connectivity index (χ3v) is 3.54. The van der Waals surface area contributed by atoms with Gasteiger partial charge in [-0.2, -0.15) is 0 Å². The SMILES string of the molecule is c1ccn2c(CNC3CCCCC3)nnc2c1. The van der Waals surface area contributed by atoms with Gasteiger partial charge in [-0.3, -0.25) is 4.40 Å². The van der Waals surface area contributed by atoms with Crippen molar-refractivity contribution in [2.75, 3.05) is 0 Å². The minimum absolute atomic E-state index is 0.666. The van der Waals surface area contributed by atoms with Crippen LogP contribution in [0.15, 0.2) is 24.4 Å². The van der Waals surface area contributed by atoms with E-state index in [9.17, 15) is 0 Å². The maximum atomic E-state index is 4.23. The van der Waals surface area contributed by atoms with Gasteiger partial charge in [0.1, 0.15) is 0 Å². The van der Waals surface area contributed by atoms with Crippen LogP contribution in [0.1, 0.15) is 37.9 Å². The lowest BCUT2D eigenvalue weighted by molar-refractivity contribution is 0.369. The van der Waals surface area contributed by atoms with Gasteiger partial charge in [-0.25, -0.2) is 0 Å². The third kappa shape index (κ3) is 2.31. The summed E-state index contributed by atoms with van der Waals surface area (Å²) in [5.74, 6) is 1.01. The molecule has 1 N–H and O–H groups in total. The number of aromatic nitrogens is 3. The Balaban J connectivity index is 1.68. The van der Waals surface area contributed by atoms with Crippen LogP contribution in [0.25, 0.3) is 5.65 Å². The first-order valence-electron chi connectivity index (χ1n) is 6.45. The minimum Gasteiger partial charge on any atom is -0.307 e. The number of hydrogen-bond acceptors (Lipinski definition) is 3. The molecule has 0 bridgehead atoms. The van der Waals surface area contributed by atoms with Crippen molar-refractivity contribution in [1.29, 1.82) is 0 Å². The van der Waals surface area contributed by atoms with Crippen LogP contribution in [0.2, 0.25) is 0 Å². The first kappa shape index (κ1) is 10.7. The van der Waals surface area contributed by atoms with Gasteiger partial charge >= 0.3 is 0 Å². The molecule has 0 atom stereocenters. The number of nitrogens with one attached hydrogen (secondary N) is 1. The Bertz CT molecular complexity index is 485. The fraction of sp³-hybridized carbons (Fsp3) is 0.538. The molecule has 1 aliphatic rings. The summed E-state index contributed by atoms with van der Waals surface area (Å²) < 4.78 is 2.05. The van der Waals surface area contributed by atoms with E-state index >= 15 is 0 Å². The van der Waals surface area contributed by atoms with Gasteiger partial charge in [0, 0.05) is 12.2 Å². The van der Waals surface area contributed by atoms with Crippen LogP contribution in [-0.4, -0.2) is 20.6 Å². The highest BCUT2D eigenvalue weighted by atomic mass is 15.3. The Labute approximate surface area is 101 Å². The molecule has 3 rings (SSSR count). The maximum absolute atomic E-state index is 4.23. The topological polar surface area (TPSA) is 42.2 Å². The highest BCUT2D eigenvalue weighted by Gasteiger charge is 2.13. The van der Waals surface area contributed by atoms with E-state index in [1.807, 2.05) is 24.4 Å². The zero-order valence-electron chi connectivity index (χ0n) is 9.97. The summed E-state index contributed by atoms with van der Waals surface area (Å²) in [6.45, 7) is 0.815. The fourth-order valence-corrected chi connectivity index (χ4v) is 2.55. The molecule has 1 aliphatic carbocycles. The van der Waals surface area contributed by atoms with Crippen molar-refractivity contribution in [3.05, 3.63) is 30.2 Å². The van der Waals surface area contributed by atoms with Gasteiger partial charge < -0.3 is 5.32 Å². The average molecular weight is 230 g/mol. The van der Waals surface area contributed by atoms with Crippen LogP contribution in [0.4, 0.5) is 0 Å². The molecule has 90 valence electrons. The summed E-state index contributed by atoms with van der Waals surface area (Å²) >= 11 is 0. The van der Waals surface area contributed by atoms with Crippen LogP contribution < -0.4 is 5.32 Å². The van der Waals surface area contributed by atoms with E-state index < -0.39 is 0 Å². The number of hydrogen-bond donors (Lipinski definition) is 1.